The first-order valence-corrected chi connectivity index (χ1v) is 4.18. The average Bonchev–Trinajstić information content (AvgIpc) is 2.34. The van der Waals surface area contributed by atoms with Crippen LogP contribution in [-0.4, -0.2) is 37.1 Å². The standard InChI is InChI=1S/C9H15NO2/c1-7(2)12-9(11)8-4-5-10(3)6-8/h4,7H,5-6H2,1-3H3. The molecule has 0 saturated carbocycles. The zero-order valence-electron chi connectivity index (χ0n) is 7.83. The molecule has 0 saturated heterocycles. The van der Waals surface area contributed by atoms with Gasteiger partial charge in [0.25, 0.3) is 0 Å². The van der Waals surface area contributed by atoms with Crippen LogP contribution in [-0.2, 0) is 9.53 Å². The van der Waals surface area contributed by atoms with Crippen LogP contribution < -0.4 is 0 Å². The molecule has 0 aliphatic carbocycles. The van der Waals surface area contributed by atoms with Crippen LogP contribution in [0, 0.1) is 0 Å². The fraction of sp³-hybridized carbons (Fsp3) is 0.667. The van der Waals surface area contributed by atoms with Gasteiger partial charge in [-0.05, 0) is 20.9 Å². The summed E-state index contributed by atoms with van der Waals surface area (Å²) in [6.07, 6.45) is 1.90. The third-order valence-electron chi connectivity index (χ3n) is 1.69. The largest absolute Gasteiger partial charge is 0.460 e. The Hall–Kier alpha value is -0.830. The summed E-state index contributed by atoms with van der Waals surface area (Å²) in [6, 6.07) is 0. The van der Waals surface area contributed by atoms with E-state index in [1.54, 1.807) is 0 Å². The molecule has 1 heterocycles. The minimum Gasteiger partial charge on any atom is -0.460 e. The number of ether oxygens (including phenoxy) is 1. The van der Waals surface area contributed by atoms with E-state index >= 15 is 0 Å². The zero-order chi connectivity index (χ0) is 9.14. The molecular weight excluding hydrogens is 154 g/mol. The summed E-state index contributed by atoms with van der Waals surface area (Å²) in [6.45, 7) is 5.28. The van der Waals surface area contributed by atoms with Crippen molar-refractivity contribution in [3.8, 4) is 0 Å². The molecule has 3 nitrogen and oxygen atoms in total. The topological polar surface area (TPSA) is 29.5 Å². The van der Waals surface area contributed by atoms with Gasteiger partial charge in [0.1, 0.15) is 0 Å². The first-order chi connectivity index (χ1) is 5.59. The van der Waals surface area contributed by atoms with E-state index in [0.29, 0.717) is 6.54 Å². The predicted octanol–water partition coefficient (Wildman–Crippen LogP) is 0.810. The van der Waals surface area contributed by atoms with Crippen molar-refractivity contribution in [2.45, 2.75) is 20.0 Å². The van der Waals surface area contributed by atoms with E-state index in [9.17, 15) is 4.79 Å². The predicted molar refractivity (Wildman–Crippen MR) is 46.8 cm³/mol. The summed E-state index contributed by atoms with van der Waals surface area (Å²) >= 11 is 0. The molecule has 0 unspecified atom stereocenters. The number of carbonyl (C=O) groups is 1. The molecule has 1 aliphatic heterocycles. The van der Waals surface area contributed by atoms with Crippen molar-refractivity contribution in [1.82, 2.24) is 4.90 Å². The highest BCUT2D eigenvalue weighted by Gasteiger charge is 2.18. The van der Waals surface area contributed by atoms with E-state index in [-0.39, 0.29) is 12.1 Å². The van der Waals surface area contributed by atoms with Crippen molar-refractivity contribution in [2.75, 3.05) is 20.1 Å². The van der Waals surface area contributed by atoms with Crippen molar-refractivity contribution in [3.05, 3.63) is 11.6 Å². The van der Waals surface area contributed by atoms with Gasteiger partial charge in [0.2, 0.25) is 0 Å². The molecule has 3 heteroatoms. The molecule has 12 heavy (non-hydrogen) atoms. The van der Waals surface area contributed by atoms with E-state index in [1.807, 2.05) is 27.0 Å². The smallest absolute Gasteiger partial charge is 0.335 e. The molecule has 0 aromatic heterocycles. The Morgan fingerprint density at radius 1 is 1.67 bits per heavy atom. The second-order valence-corrected chi connectivity index (χ2v) is 3.38. The van der Waals surface area contributed by atoms with Crippen LogP contribution in [0.5, 0.6) is 0 Å². The molecule has 0 aromatic carbocycles. The third kappa shape index (κ3) is 2.34. The van der Waals surface area contributed by atoms with Crippen molar-refractivity contribution in [2.24, 2.45) is 0 Å². The SMILES string of the molecule is CC(C)OC(=O)C1=CCN(C)C1. The van der Waals surface area contributed by atoms with Crippen LogP contribution in [0.3, 0.4) is 0 Å². The first-order valence-electron chi connectivity index (χ1n) is 4.18. The molecule has 0 spiro atoms. The molecule has 0 fully saturated rings. The normalized spacial score (nSPS) is 18.2. The van der Waals surface area contributed by atoms with E-state index in [1.165, 1.54) is 0 Å². The lowest BCUT2D eigenvalue weighted by molar-refractivity contribution is -0.142. The van der Waals surface area contributed by atoms with Crippen molar-refractivity contribution in [3.63, 3.8) is 0 Å². The molecule has 0 N–H and O–H groups in total. The van der Waals surface area contributed by atoms with Crippen LogP contribution in [0.1, 0.15) is 13.8 Å². The quantitative estimate of drug-likeness (QED) is 0.573. The van der Waals surface area contributed by atoms with Gasteiger partial charge in [0.05, 0.1) is 6.10 Å². The molecular formula is C9H15NO2. The van der Waals surface area contributed by atoms with Gasteiger partial charge >= 0.3 is 5.97 Å². The number of hydrogen-bond acceptors (Lipinski definition) is 3. The summed E-state index contributed by atoms with van der Waals surface area (Å²) in [7, 11) is 1.98. The van der Waals surface area contributed by atoms with Crippen LogP contribution >= 0.6 is 0 Å². The number of esters is 1. The van der Waals surface area contributed by atoms with Gasteiger partial charge in [0, 0.05) is 18.7 Å². The minimum absolute atomic E-state index is 0.0238. The Labute approximate surface area is 73.0 Å². The zero-order valence-corrected chi connectivity index (χ0v) is 7.83. The maximum Gasteiger partial charge on any atom is 0.335 e. The molecule has 68 valence electrons. The average molecular weight is 169 g/mol. The number of likely N-dealkylation sites (N-methyl/N-ethyl adjacent to an activating group) is 1. The highest BCUT2D eigenvalue weighted by Crippen LogP contribution is 2.09. The Bertz CT molecular complexity index is 209. The molecule has 1 aliphatic rings. The summed E-state index contributed by atoms with van der Waals surface area (Å²) < 4.78 is 5.05. The maximum absolute atomic E-state index is 11.3. The van der Waals surface area contributed by atoms with Gasteiger partial charge in [-0.25, -0.2) is 4.79 Å². The van der Waals surface area contributed by atoms with Crippen molar-refractivity contribution < 1.29 is 9.53 Å². The Morgan fingerprint density at radius 2 is 2.33 bits per heavy atom. The number of rotatable bonds is 2. The van der Waals surface area contributed by atoms with Gasteiger partial charge in [-0.2, -0.15) is 0 Å². The third-order valence-corrected chi connectivity index (χ3v) is 1.69. The fourth-order valence-electron chi connectivity index (χ4n) is 1.12. The van der Waals surface area contributed by atoms with Crippen LogP contribution in [0.25, 0.3) is 0 Å². The van der Waals surface area contributed by atoms with Crippen molar-refractivity contribution in [1.29, 1.82) is 0 Å². The summed E-state index contributed by atoms with van der Waals surface area (Å²) in [4.78, 5) is 13.4. The summed E-state index contributed by atoms with van der Waals surface area (Å²) in [5.74, 6) is -0.172. The Kier molecular flexibility index (Phi) is 2.87. The first kappa shape index (κ1) is 9.26. The van der Waals surface area contributed by atoms with Gasteiger partial charge in [-0.15, -0.1) is 0 Å². The summed E-state index contributed by atoms with van der Waals surface area (Å²) in [5, 5.41) is 0. The maximum atomic E-state index is 11.3. The highest BCUT2D eigenvalue weighted by molar-refractivity contribution is 5.89. The van der Waals surface area contributed by atoms with E-state index in [2.05, 4.69) is 4.90 Å². The fourth-order valence-corrected chi connectivity index (χ4v) is 1.12. The lowest BCUT2D eigenvalue weighted by Crippen LogP contribution is -2.19. The number of carbonyl (C=O) groups excluding carboxylic acids is 1. The molecule has 0 radical (unpaired) electrons. The minimum atomic E-state index is -0.172. The molecule has 1 rings (SSSR count). The number of hydrogen-bond donors (Lipinski definition) is 0. The lowest BCUT2D eigenvalue weighted by atomic mass is 10.3. The lowest BCUT2D eigenvalue weighted by Gasteiger charge is -2.09. The molecule has 0 aromatic rings. The Balaban J connectivity index is 2.43. The van der Waals surface area contributed by atoms with E-state index in [4.69, 9.17) is 4.74 Å². The molecule has 0 bridgehead atoms. The second-order valence-electron chi connectivity index (χ2n) is 3.38. The summed E-state index contributed by atoms with van der Waals surface area (Å²) in [5.41, 5.74) is 0.784. The van der Waals surface area contributed by atoms with Crippen LogP contribution in [0.2, 0.25) is 0 Å². The van der Waals surface area contributed by atoms with Crippen LogP contribution in [0.4, 0.5) is 0 Å². The van der Waals surface area contributed by atoms with E-state index < -0.39 is 0 Å². The van der Waals surface area contributed by atoms with Crippen molar-refractivity contribution >= 4 is 5.97 Å². The number of nitrogens with zero attached hydrogens (tertiary/aromatic N) is 1. The second kappa shape index (κ2) is 3.72. The Morgan fingerprint density at radius 3 is 2.75 bits per heavy atom. The van der Waals surface area contributed by atoms with Crippen LogP contribution in [0.15, 0.2) is 11.6 Å². The van der Waals surface area contributed by atoms with E-state index in [0.717, 1.165) is 12.1 Å². The van der Waals surface area contributed by atoms with Gasteiger partial charge in [0.15, 0.2) is 0 Å². The van der Waals surface area contributed by atoms with Gasteiger partial charge in [-0.3, -0.25) is 4.90 Å². The van der Waals surface area contributed by atoms with Gasteiger partial charge < -0.3 is 4.74 Å². The highest BCUT2D eigenvalue weighted by atomic mass is 16.5. The molecule has 0 amide bonds. The molecule has 0 atom stereocenters. The van der Waals surface area contributed by atoms with Gasteiger partial charge in [-0.1, -0.05) is 6.08 Å². The monoisotopic (exact) mass is 169 g/mol.